The number of hydrogen-bond acceptors (Lipinski definition) is 4. The van der Waals surface area contributed by atoms with Gasteiger partial charge in [-0.05, 0) is 31.1 Å². The molecule has 17 heavy (non-hydrogen) atoms. The number of sulfonamides is 1. The Morgan fingerprint density at radius 3 is 2.59 bits per heavy atom. The topological polar surface area (TPSA) is 79.2 Å². The van der Waals surface area contributed by atoms with Gasteiger partial charge in [-0.3, -0.25) is 0 Å². The van der Waals surface area contributed by atoms with E-state index in [4.69, 9.17) is 10.00 Å². The van der Waals surface area contributed by atoms with Crippen LogP contribution in [0, 0.1) is 16.7 Å². The lowest BCUT2D eigenvalue weighted by atomic mass is 10.0. The molecule has 0 radical (unpaired) electrons. The zero-order valence-corrected chi connectivity index (χ0v) is 11.2. The molecule has 1 N–H and O–H groups in total. The summed E-state index contributed by atoms with van der Waals surface area (Å²) < 4.78 is 31.1. The lowest BCUT2D eigenvalue weighted by Gasteiger charge is -2.17. The van der Waals surface area contributed by atoms with Crippen molar-refractivity contribution in [2.45, 2.75) is 37.9 Å². The second-order valence-electron chi connectivity index (χ2n) is 4.63. The highest BCUT2D eigenvalue weighted by molar-refractivity contribution is 7.90. The molecule has 1 rings (SSSR count). The van der Waals surface area contributed by atoms with E-state index in [2.05, 4.69) is 4.72 Å². The number of rotatable bonds is 8. The molecule has 1 saturated carbocycles. The zero-order valence-electron chi connectivity index (χ0n) is 10.4. The van der Waals surface area contributed by atoms with E-state index < -0.39 is 15.3 Å². The Labute approximate surface area is 103 Å². The Bertz CT molecular complexity index is 382. The van der Waals surface area contributed by atoms with E-state index >= 15 is 0 Å². The van der Waals surface area contributed by atoms with Gasteiger partial charge in [0.1, 0.15) is 0 Å². The van der Waals surface area contributed by atoms with Gasteiger partial charge in [-0.2, -0.15) is 5.26 Å². The summed E-state index contributed by atoms with van der Waals surface area (Å²) in [5, 5.41) is 7.82. The van der Waals surface area contributed by atoms with Crippen molar-refractivity contribution in [2.75, 3.05) is 20.3 Å². The van der Waals surface area contributed by atoms with Crippen LogP contribution in [0.2, 0.25) is 0 Å². The molecular weight excluding hydrogens is 240 g/mol. The smallest absolute Gasteiger partial charge is 0.227 e. The third-order valence-corrected chi connectivity index (χ3v) is 5.07. The molecule has 98 valence electrons. The highest BCUT2D eigenvalue weighted by Gasteiger charge is 2.43. The summed E-state index contributed by atoms with van der Waals surface area (Å²) >= 11 is 0. The molecular formula is C11H20N2O3S. The number of nitrogens with one attached hydrogen (secondary N) is 1. The second kappa shape index (κ2) is 5.80. The molecule has 0 aromatic carbocycles. The van der Waals surface area contributed by atoms with Crippen LogP contribution in [0.5, 0.6) is 0 Å². The predicted molar refractivity (Wildman–Crippen MR) is 64.8 cm³/mol. The van der Waals surface area contributed by atoms with Crippen LogP contribution in [0.4, 0.5) is 0 Å². The van der Waals surface area contributed by atoms with Crippen LogP contribution in [-0.2, 0) is 14.8 Å². The molecule has 1 unspecified atom stereocenters. The van der Waals surface area contributed by atoms with E-state index in [1.807, 2.05) is 6.07 Å². The molecule has 1 atom stereocenters. The van der Waals surface area contributed by atoms with Crippen LogP contribution in [-0.4, -0.2) is 33.9 Å². The fourth-order valence-electron chi connectivity index (χ4n) is 1.74. The Morgan fingerprint density at radius 2 is 2.18 bits per heavy atom. The number of hydrogen-bond donors (Lipinski definition) is 1. The molecule has 5 nitrogen and oxygen atoms in total. The van der Waals surface area contributed by atoms with Crippen molar-refractivity contribution in [1.82, 2.24) is 4.72 Å². The van der Waals surface area contributed by atoms with E-state index in [9.17, 15) is 8.42 Å². The fraction of sp³-hybridized carbons (Fsp3) is 0.909. The van der Waals surface area contributed by atoms with Crippen molar-refractivity contribution in [2.24, 2.45) is 5.41 Å². The lowest BCUT2D eigenvalue weighted by Crippen LogP contribution is -2.37. The molecule has 0 saturated heterocycles. The molecule has 0 aromatic rings. The van der Waals surface area contributed by atoms with Crippen LogP contribution >= 0.6 is 0 Å². The van der Waals surface area contributed by atoms with E-state index in [1.54, 1.807) is 14.0 Å². The Kier molecular flexibility index (Phi) is 4.92. The third-order valence-electron chi connectivity index (χ3n) is 3.33. The average molecular weight is 260 g/mol. The largest absolute Gasteiger partial charge is 0.385 e. The molecule has 0 heterocycles. The molecule has 1 fully saturated rings. The zero-order chi connectivity index (χ0) is 12.9. The molecule has 0 amide bonds. The minimum absolute atomic E-state index is 0.0663. The molecule has 1 aliphatic carbocycles. The Hall–Kier alpha value is -0.640. The summed E-state index contributed by atoms with van der Waals surface area (Å²) in [7, 11) is -1.85. The minimum atomic E-state index is -3.49. The molecule has 0 aromatic heterocycles. The summed E-state index contributed by atoms with van der Waals surface area (Å²) in [6.07, 6.45) is 3.25. The minimum Gasteiger partial charge on any atom is -0.385 e. The van der Waals surface area contributed by atoms with E-state index in [0.717, 1.165) is 19.3 Å². The normalized spacial score (nSPS) is 19.6. The monoisotopic (exact) mass is 260 g/mol. The summed E-state index contributed by atoms with van der Waals surface area (Å²) in [6, 6.07) is 1.82. The Balaban J connectivity index is 2.48. The average Bonchev–Trinajstić information content (AvgIpc) is 3.06. The van der Waals surface area contributed by atoms with Gasteiger partial charge in [0.25, 0.3) is 0 Å². The molecule has 6 heteroatoms. The van der Waals surface area contributed by atoms with Crippen LogP contribution in [0.25, 0.3) is 0 Å². The van der Waals surface area contributed by atoms with Gasteiger partial charge in [0.05, 0.1) is 6.07 Å². The van der Waals surface area contributed by atoms with Gasteiger partial charge in [-0.15, -0.1) is 0 Å². The van der Waals surface area contributed by atoms with Gasteiger partial charge in [0, 0.05) is 20.3 Å². The maximum atomic E-state index is 11.8. The molecule has 0 aliphatic heterocycles. The first-order chi connectivity index (χ1) is 7.99. The fourth-order valence-corrected chi connectivity index (χ4v) is 3.03. The third kappa shape index (κ3) is 3.95. The number of methoxy groups -OCH3 is 1. The highest BCUT2D eigenvalue weighted by Crippen LogP contribution is 2.48. The van der Waals surface area contributed by atoms with Gasteiger partial charge in [-0.1, -0.05) is 6.92 Å². The number of ether oxygens (including phenoxy) is 1. The van der Waals surface area contributed by atoms with E-state index in [0.29, 0.717) is 19.6 Å². The maximum Gasteiger partial charge on any atom is 0.227 e. The highest BCUT2D eigenvalue weighted by atomic mass is 32.2. The Morgan fingerprint density at radius 1 is 1.53 bits per heavy atom. The molecule has 0 spiro atoms. The van der Waals surface area contributed by atoms with Crippen molar-refractivity contribution in [3.05, 3.63) is 0 Å². The van der Waals surface area contributed by atoms with Crippen LogP contribution in [0.1, 0.15) is 32.6 Å². The van der Waals surface area contributed by atoms with Crippen LogP contribution < -0.4 is 4.72 Å². The van der Waals surface area contributed by atoms with Crippen molar-refractivity contribution in [1.29, 1.82) is 5.26 Å². The maximum absolute atomic E-state index is 11.8. The second-order valence-corrected chi connectivity index (χ2v) is 6.58. The summed E-state index contributed by atoms with van der Waals surface area (Å²) in [5.74, 6) is 0. The summed E-state index contributed by atoms with van der Waals surface area (Å²) in [4.78, 5) is 0. The van der Waals surface area contributed by atoms with Gasteiger partial charge >= 0.3 is 0 Å². The van der Waals surface area contributed by atoms with Gasteiger partial charge < -0.3 is 4.74 Å². The standard InChI is InChI=1S/C11H20N2O3S/c1-3-10(8-12)17(14,15)13-9-11(4-5-11)6-7-16-2/h10,13H,3-7,9H2,1-2H3. The number of nitriles is 1. The van der Waals surface area contributed by atoms with Gasteiger partial charge in [-0.25, -0.2) is 13.1 Å². The van der Waals surface area contributed by atoms with Crippen LogP contribution in [0.3, 0.4) is 0 Å². The van der Waals surface area contributed by atoms with Crippen molar-refractivity contribution in [3.8, 4) is 6.07 Å². The first-order valence-corrected chi connectivity index (χ1v) is 7.41. The first kappa shape index (κ1) is 14.4. The van der Waals surface area contributed by atoms with E-state index in [1.165, 1.54) is 0 Å². The van der Waals surface area contributed by atoms with Gasteiger partial charge in [0.2, 0.25) is 10.0 Å². The molecule has 0 bridgehead atoms. The first-order valence-electron chi connectivity index (χ1n) is 5.87. The van der Waals surface area contributed by atoms with E-state index in [-0.39, 0.29) is 5.41 Å². The SMILES string of the molecule is CCC(C#N)S(=O)(=O)NCC1(CCOC)CC1. The lowest BCUT2D eigenvalue weighted by molar-refractivity contribution is 0.173. The summed E-state index contributed by atoms with van der Waals surface area (Å²) in [6.45, 7) is 2.78. The van der Waals surface area contributed by atoms with Gasteiger partial charge in [0.15, 0.2) is 5.25 Å². The van der Waals surface area contributed by atoms with Crippen molar-refractivity contribution < 1.29 is 13.2 Å². The van der Waals surface area contributed by atoms with Crippen molar-refractivity contribution >= 4 is 10.0 Å². The predicted octanol–water partition coefficient (Wildman–Crippen LogP) is 1.02. The molecule has 1 aliphatic rings. The summed E-state index contributed by atoms with van der Waals surface area (Å²) in [5.41, 5.74) is 0.0663. The van der Waals surface area contributed by atoms with Crippen molar-refractivity contribution in [3.63, 3.8) is 0 Å². The quantitative estimate of drug-likeness (QED) is 0.707. The number of nitrogens with zero attached hydrogens (tertiary/aromatic N) is 1. The van der Waals surface area contributed by atoms with Crippen LogP contribution in [0.15, 0.2) is 0 Å².